The number of pyridine rings is 1. The van der Waals surface area contributed by atoms with Gasteiger partial charge in [0.2, 0.25) is 0 Å². The maximum Gasteiger partial charge on any atom is 0.258 e. The Morgan fingerprint density at radius 1 is 1.58 bits per heavy atom. The average Bonchev–Trinajstić information content (AvgIpc) is 2.90. The van der Waals surface area contributed by atoms with Crippen molar-refractivity contribution in [1.29, 1.82) is 0 Å². The van der Waals surface area contributed by atoms with Crippen LogP contribution >= 0.6 is 0 Å². The van der Waals surface area contributed by atoms with Gasteiger partial charge in [-0.1, -0.05) is 6.92 Å². The Labute approximate surface area is 113 Å². The van der Waals surface area contributed by atoms with E-state index in [4.69, 9.17) is 9.47 Å². The molecule has 0 saturated carbocycles. The van der Waals surface area contributed by atoms with Gasteiger partial charge in [0.05, 0.1) is 18.3 Å². The topological polar surface area (TPSA) is 60.5 Å². The van der Waals surface area contributed by atoms with Crippen LogP contribution in [0.4, 0.5) is 0 Å². The summed E-state index contributed by atoms with van der Waals surface area (Å²) in [5.41, 5.74) is 1.84. The first-order chi connectivity index (χ1) is 9.19. The van der Waals surface area contributed by atoms with Crippen LogP contribution in [0.25, 0.3) is 0 Å². The minimum absolute atomic E-state index is 0.0221. The maximum absolute atomic E-state index is 11.7. The first kappa shape index (κ1) is 13.8. The standard InChI is InChI=1S/C14H20N2O3/c1-3-12-13(5-4-10(2)15-12)19-9-14(17)16-11-6-7-18-8-11/h4-5,11H,3,6-9H2,1-2H3,(H,16,17)/t11-/m0/s1. The van der Waals surface area contributed by atoms with Crippen LogP contribution in [-0.2, 0) is 16.0 Å². The van der Waals surface area contributed by atoms with Crippen LogP contribution in [0.3, 0.4) is 0 Å². The molecular weight excluding hydrogens is 244 g/mol. The number of rotatable bonds is 5. The molecule has 1 amide bonds. The molecule has 1 N–H and O–H groups in total. The maximum atomic E-state index is 11.7. The number of aromatic nitrogens is 1. The summed E-state index contributed by atoms with van der Waals surface area (Å²) in [6.45, 7) is 5.29. The van der Waals surface area contributed by atoms with E-state index in [0.29, 0.717) is 19.0 Å². The van der Waals surface area contributed by atoms with Crippen molar-refractivity contribution in [1.82, 2.24) is 10.3 Å². The lowest BCUT2D eigenvalue weighted by Gasteiger charge is -2.13. The molecule has 1 aliphatic heterocycles. The highest BCUT2D eigenvalue weighted by atomic mass is 16.5. The fourth-order valence-electron chi connectivity index (χ4n) is 2.04. The molecule has 104 valence electrons. The van der Waals surface area contributed by atoms with Crippen molar-refractivity contribution in [3.8, 4) is 5.75 Å². The van der Waals surface area contributed by atoms with Crippen molar-refractivity contribution < 1.29 is 14.3 Å². The van der Waals surface area contributed by atoms with Crippen molar-refractivity contribution in [2.24, 2.45) is 0 Å². The average molecular weight is 264 g/mol. The van der Waals surface area contributed by atoms with Crippen molar-refractivity contribution in [2.45, 2.75) is 32.7 Å². The van der Waals surface area contributed by atoms with E-state index >= 15 is 0 Å². The van der Waals surface area contributed by atoms with Gasteiger partial charge in [-0.3, -0.25) is 9.78 Å². The second kappa shape index (κ2) is 6.52. The van der Waals surface area contributed by atoms with E-state index in [0.717, 1.165) is 24.2 Å². The second-order valence-corrected chi connectivity index (χ2v) is 4.67. The number of hydrogen-bond acceptors (Lipinski definition) is 4. The van der Waals surface area contributed by atoms with Crippen LogP contribution < -0.4 is 10.1 Å². The summed E-state index contributed by atoms with van der Waals surface area (Å²) in [5, 5.41) is 2.89. The molecule has 0 spiro atoms. The fraction of sp³-hybridized carbons (Fsp3) is 0.571. The lowest BCUT2D eigenvalue weighted by atomic mass is 10.2. The highest BCUT2D eigenvalue weighted by Crippen LogP contribution is 2.17. The van der Waals surface area contributed by atoms with Crippen LogP contribution in [0.15, 0.2) is 12.1 Å². The summed E-state index contributed by atoms with van der Waals surface area (Å²) >= 11 is 0. The van der Waals surface area contributed by atoms with Gasteiger partial charge in [0.25, 0.3) is 5.91 Å². The molecule has 1 aromatic rings. The third-order valence-corrected chi connectivity index (χ3v) is 3.06. The molecule has 1 aromatic heterocycles. The van der Waals surface area contributed by atoms with Crippen LogP contribution in [0.1, 0.15) is 24.7 Å². The lowest BCUT2D eigenvalue weighted by Crippen LogP contribution is -2.38. The van der Waals surface area contributed by atoms with Crippen molar-refractivity contribution >= 4 is 5.91 Å². The van der Waals surface area contributed by atoms with Gasteiger partial charge < -0.3 is 14.8 Å². The van der Waals surface area contributed by atoms with Gasteiger partial charge in [-0.2, -0.15) is 0 Å². The van der Waals surface area contributed by atoms with Gasteiger partial charge in [0, 0.05) is 12.3 Å². The summed E-state index contributed by atoms with van der Waals surface area (Å²) < 4.78 is 10.7. The number of nitrogens with zero attached hydrogens (tertiary/aromatic N) is 1. The van der Waals surface area contributed by atoms with Crippen molar-refractivity contribution in [2.75, 3.05) is 19.8 Å². The molecule has 1 aliphatic rings. The molecule has 1 fully saturated rings. The van der Waals surface area contributed by atoms with E-state index in [-0.39, 0.29) is 18.6 Å². The fourth-order valence-corrected chi connectivity index (χ4v) is 2.04. The minimum Gasteiger partial charge on any atom is -0.482 e. The molecular formula is C14H20N2O3. The zero-order valence-electron chi connectivity index (χ0n) is 11.4. The summed E-state index contributed by atoms with van der Waals surface area (Å²) in [5.74, 6) is 0.573. The van der Waals surface area contributed by atoms with E-state index in [2.05, 4.69) is 10.3 Å². The van der Waals surface area contributed by atoms with Crippen LogP contribution in [0, 0.1) is 6.92 Å². The molecule has 1 saturated heterocycles. The molecule has 5 heteroatoms. The number of ether oxygens (including phenoxy) is 2. The van der Waals surface area contributed by atoms with Crippen LogP contribution in [0.2, 0.25) is 0 Å². The van der Waals surface area contributed by atoms with Gasteiger partial charge in [-0.05, 0) is 31.9 Å². The number of nitrogens with one attached hydrogen (secondary N) is 1. The first-order valence-electron chi connectivity index (χ1n) is 6.65. The lowest BCUT2D eigenvalue weighted by molar-refractivity contribution is -0.123. The predicted octanol–water partition coefficient (Wildman–Crippen LogP) is 1.24. The van der Waals surface area contributed by atoms with E-state index in [1.54, 1.807) is 0 Å². The molecule has 2 rings (SSSR count). The Morgan fingerprint density at radius 2 is 2.42 bits per heavy atom. The van der Waals surface area contributed by atoms with Crippen LogP contribution in [0.5, 0.6) is 5.75 Å². The summed E-state index contributed by atoms with van der Waals surface area (Å²) in [6.07, 6.45) is 1.66. The third-order valence-electron chi connectivity index (χ3n) is 3.06. The first-order valence-corrected chi connectivity index (χ1v) is 6.65. The van der Waals surface area contributed by atoms with E-state index in [9.17, 15) is 4.79 Å². The number of hydrogen-bond donors (Lipinski definition) is 1. The number of carbonyl (C=O) groups is 1. The number of amides is 1. The summed E-state index contributed by atoms with van der Waals surface area (Å²) in [7, 11) is 0. The summed E-state index contributed by atoms with van der Waals surface area (Å²) in [6, 6.07) is 3.88. The van der Waals surface area contributed by atoms with E-state index in [1.165, 1.54) is 0 Å². The molecule has 0 unspecified atom stereocenters. The highest BCUT2D eigenvalue weighted by Gasteiger charge is 2.18. The SMILES string of the molecule is CCc1nc(C)ccc1OCC(=O)N[C@H]1CCOC1. The molecule has 1 atom stereocenters. The number of aryl methyl sites for hydroxylation is 2. The van der Waals surface area contributed by atoms with Gasteiger partial charge in [-0.15, -0.1) is 0 Å². The molecule has 2 heterocycles. The Hall–Kier alpha value is -1.62. The molecule has 0 radical (unpaired) electrons. The molecule has 0 bridgehead atoms. The molecule has 19 heavy (non-hydrogen) atoms. The monoisotopic (exact) mass is 264 g/mol. The molecule has 0 aromatic carbocycles. The molecule has 0 aliphatic carbocycles. The summed E-state index contributed by atoms with van der Waals surface area (Å²) in [4.78, 5) is 16.1. The number of carbonyl (C=O) groups excluding carboxylic acids is 1. The normalized spacial score (nSPS) is 18.3. The second-order valence-electron chi connectivity index (χ2n) is 4.67. The smallest absolute Gasteiger partial charge is 0.258 e. The third kappa shape index (κ3) is 3.92. The van der Waals surface area contributed by atoms with E-state index in [1.807, 2.05) is 26.0 Å². The van der Waals surface area contributed by atoms with Gasteiger partial charge >= 0.3 is 0 Å². The van der Waals surface area contributed by atoms with E-state index < -0.39 is 0 Å². The van der Waals surface area contributed by atoms with Crippen molar-refractivity contribution in [3.63, 3.8) is 0 Å². The largest absolute Gasteiger partial charge is 0.482 e. The quantitative estimate of drug-likeness (QED) is 0.869. The Bertz CT molecular complexity index is 442. The Kier molecular flexibility index (Phi) is 4.74. The highest BCUT2D eigenvalue weighted by molar-refractivity contribution is 5.77. The predicted molar refractivity (Wildman–Crippen MR) is 71.2 cm³/mol. The molecule has 5 nitrogen and oxygen atoms in total. The van der Waals surface area contributed by atoms with Gasteiger partial charge in [0.15, 0.2) is 6.61 Å². The Balaban J connectivity index is 1.85. The Morgan fingerprint density at radius 3 is 3.11 bits per heavy atom. The zero-order chi connectivity index (χ0) is 13.7. The van der Waals surface area contributed by atoms with Gasteiger partial charge in [-0.25, -0.2) is 0 Å². The van der Waals surface area contributed by atoms with Crippen molar-refractivity contribution in [3.05, 3.63) is 23.5 Å². The zero-order valence-corrected chi connectivity index (χ0v) is 11.4. The van der Waals surface area contributed by atoms with Gasteiger partial charge in [0.1, 0.15) is 5.75 Å². The van der Waals surface area contributed by atoms with Crippen LogP contribution in [-0.4, -0.2) is 36.8 Å². The minimum atomic E-state index is -0.113.